The molecule has 2 aromatic rings. The fourth-order valence-electron chi connectivity index (χ4n) is 2.55. The minimum Gasteiger partial charge on any atom is -0.543 e. The summed E-state index contributed by atoms with van der Waals surface area (Å²) in [6.07, 6.45) is 3.77. The van der Waals surface area contributed by atoms with E-state index < -0.39 is 5.97 Å². The molecule has 18 heavy (non-hydrogen) atoms. The predicted molar refractivity (Wildman–Crippen MR) is 64.5 cm³/mol. The number of para-hydroxylation sites is 1. The first-order valence-electron chi connectivity index (χ1n) is 6.15. The standard InChI is InChI=1S/C14H14N2O2/c17-14(18)13-11-8-4-5-9-12(11)16(15-13)10-6-2-1-3-7-10/h1-3,6-7H,4-5,8-9H2,(H,17,18)/p-1. The molecule has 0 fully saturated rings. The zero-order valence-electron chi connectivity index (χ0n) is 9.93. The molecular formula is C14H13N2O2-. The van der Waals surface area contributed by atoms with Crippen molar-refractivity contribution in [1.82, 2.24) is 9.78 Å². The van der Waals surface area contributed by atoms with E-state index in [1.807, 2.05) is 30.3 Å². The molecule has 1 aliphatic carbocycles. The van der Waals surface area contributed by atoms with Crippen LogP contribution in [0.5, 0.6) is 0 Å². The van der Waals surface area contributed by atoms with Gasteiger partial charge in [-0.1, -0.05) is 18.2 Å². The van der Waals surface area contributed by atoms with Crippen LogP contribution in [0, 0.1) is 0 Å². The van der Waals surface area contributed by atoms with E-state index >= 15 is 0 Å². The van der Waals surface area contributed by atoms with Crippen LogP contribution in [-0.4, -0.2) is 15.7 Å². The zero-order valence-corrected chi connectivity index (χ0v) is 9.93. The maximum absolute atomic E-state index is 11.1. The molecule has 1 aromatic heterocycles. The molecule has 4 heteroatoms. The molecule has 0 saturated heterocycles. The molecular weight excluding hydrogens is 228 g/mol. The minimum absolute atomic E-state index is 0.105. The van der Waals surface area contributed by atoms with Crippen molar-refractivity contribution in [2.75, 3.05) is 0 Å². The van der Waals surface area contributed by atoms with Crippen LogP contribution in [-0.2, 0) is 12.8 Å². The van der Waals surface area contributed by atoms with E-state index in [1.165, 1.54) is 0 Å². The molecule has 3 rings (SSSR count). The zero-order chi connectivity index (χ0) is 12.5. The lowest BCUT2D eigenvalue weighted by molar-refractivity contribution is -0.255. The largest absolute Gasteiger partial charge is 0.543 e. The fraction of sp³-hybridized carbons (Fsp3) is 0.286. The number of fused-ring (bicyclic) bond motifs is 1. The fourth-order valence-corrected chi connectivity index (χ4v) is 2.55. The molecule has 0 radical (unpaired) electrons. The van der Waals surface area contributed by atoms with Crippen molar-refractivity contribution in [3.05, 3.63) is 47.3 Å². The monoisotopic (exact) mass is 241 g/mol. The second-order valence-electron chi connectivity index (χ2n) is 4.52. The number of carbonyl (C=O) groups excluding carboxylic acids is 1. The Labute approximate surface area is 105 Å². The van der Waals surface area contributed by atoms with Crippen LogP contribution in [0.1, 0.15) is 34.6 Å². The lowest BCUT2D eigenvalue weighted by atomic mass is 9.95. The summed E-state index contributed by atoms with van der Waals surface area (Å²) in [5.74, 6) is -1.18. The maximum Gasteiger partial charge on any atom is 0.112 e. The van der Waals surface area contributed by atoms with Gasteiger partial charge in [-0.3, -0.25) is 0 Å². The van der Waals surface area contributed by atoms with Crippen LogP contribution in [0.25, 0.3) is 5.69 Å². The SMILES string of the molecule is O=C([O-])c1nn(-c2ccccc2)c2c1CCCC2. The third-order valence-corrected chi connectivity index (χ3v) is 3.37. The number of rotatable bonds is 2. The molecule has 0 unspecified atom stereocenters. The van der Waals surface area contributed by atoms with Gasteiger partial charge in [0.25, 0.3) is 0 Å². The Morgan fingerprint density at radius 1 is 1.17 bits per heavy atom. The molecule has 1 aliphatic rings. The minimum atomic E-state index is -1.18. The van der Waals surface area contributed by atoms with Gasteiger partial charge in [0.15, 0.2) is 0 Å². The average molecular weight is 241 g/mol. The highest BCUT2D eigenvalue weighted by molar-refractivity contribution is 5.85. The van der Waals surface area contributed by atoms with Crippen molar-refractivity contribution in [3.8, 4) is 5.69 Å². The van der Waals surface area contributed by atoms with Gasteiger partial charge in [-0.25, -0.2) is 4.68 Å². The van der Waals surface area contributed by atoms with Gasteiger partial charge in [0.1, 0.15) is 5.69 Å². The maximum atomic E-state index is 11.1. The van der Waals surface area contributed by atoms with E-state index in [1.54, 1.807) is 4.68 Å². The van der Waals surface area contributed by atoms with Crippen molar-refractivity contribution in [3.63, 3.8) is 0 Å². The highest BCUT2D eigenvalue weighted by atomic mass is 16.4. The summed E-state index contributed by atoms with van der Waals surface area (Å²) in [5.41, 5.74) is 2.88. The van der Waals surface area contributed by atoms with Gasteiger partial charge in [0.05, 0.1) is 11.7 Å². The first kappa shape index (κ1) is 11.0. The Kier molecular flexibility index (Phi) is 2.63. The number of carboxylic acids is 1. The molecule has 1 aromatic carbocycles. The Bertz CT molecular complexity index is 587. The molecule has 0 amide bonds. The molecule has 0 N–H and O–H groups in total. The third kappa shape index (κ3) is 1.70. The molecule has 92 valence electrons. The lowest BCUT2D eigenvalue weighted by Gasteiger charge is -2.14. The highest BCUT2D eigenvalue weighted by Gasteiger charge is 2.21. The van der Waals surface area contributed by atoms with Gasteiger partial charge < -0.3 is 9.90 Å². The molecule has 0 spiro atoms. The van der Waals surface area contributed by atoms with Crippen LogP contribution in [0.4, 0.5) is 0 Å². The molecule has 4 nitrogen and oxygen atoms in total. The number of carbonyl (C=O) groups is 1. The van der Waals surface area contributed by atoms with E-state index in [0.29, 0.717) is 0 Å². The first-order chi connectivity index (χ1) is 8.77. The Morgan fingerprint density at radius 2 is 1.89 bits per heavy atom. The number of hydrogen-bond acceptors (Lipinski definition) is 3. The summed E-state index contributed by atoms with van der Waals surface area (Å²) >= 11 is 0. The van der Waals surface area contributed by atoms with Crippen molar-refractivity contribution in [1.29, 1.82) is 0 Å². The van der Waals surface area contributed by atoms with Crippen LogP contribution in [0.3, 0.4) is 0 Å². The summed E-state index contributed by atoms with van der Waals surface area (Å²) in [6.45, 7) is 0. The van der Waals surface area contributed by atoms with E-state index in [-0.39, 0.29) is 5.69 Å². The third-order valence-electron chi connectivity index (χ3n) is 3.37. The topological polar surface area (TPSA) is 57.9 Å². The molecule has 1 heterocycles. The molecule has 0 atom stereocenters. The molecule has 0 bridgehead atoms. The van der Waals surface area contributed by atoms with Crippen LogP contribution >= 0.6 is 0 Å². The van der Waals surface area contributed by atoms with Crippen molar-refractivity contribution in [2.24, 2.45) is 0 Å². The van der Waals surface area contributed by atoms with Crippen molar-refractivity contribution >= 4 is 5.97 Å². The van der Waals surface area contributed by atoms with Crippen LogP contribution in [0.15, 0.2) is 30.3 Å². The Hall–Kier alpha value is -2.10. The molecule has 0 aliphatic heterocycles. The number of hydrogen-bond donors (Lipinski definition) is 0. The summed E-state index contributed by atoms with van der Waals surface area (Å²) in [7, 11) is 0. The number of benzene rings is 1. The highest BCUT2D eigenvalue weighted by Crippen LogP contribution is 2.26. The van der Waals surface area contributed by atoms with Gasteiger partial charge in [-0.05, 0) is 37.8 Å². The summed E-state index contributed by atoms with van der Waals surface area (Å²) in [5, 5.41) is 15.3. The van der Waals surface area contributed by atoms with Crippen molar-refractivity contribution < 1.29 is 9.90 Å². The van der Waals surface area contributed by atoms with Gasteiger partial charge in [0.2, 0.25) is 0 Å². The Balaban J connectivity index is 2.18. The van der Waals surface area contributed by atoms with Crippen LogP contribution in [0.2, 0.25) is 0 Å². The normalized spacial score (nSPS) is 14.2. The number of aromatic carboxylic acids is 1. The summed E-state index contributed by atoms with van der Waals surface area (Å²) in [6, 6.07) is 9.64. The van der Waals surface area contributed by atoms with Gasteiger partial charge >= 0.3 is 0 Å². The molecule has 0 saturated carbocycles. The first-order valence-corrected chi connectivity index (χ1v) is 6.15. The van der Waals surface area contributed by atoms with Crippen molar-refractivity contribution in [2.45, 2.75) is 25.7 Å². The number of aromatic nitrogens is 2. The summed E-state index contributed by atoms with van der Waals surface area (Å²) < 4.78 is 1.75. The number of nitrogens with zero attached hydrogens (tertiary/aromatic N) is 2. The van der Waals surface area contributed by atoms with E-state index in [2.05, 4.69) is 5.10 Å². The van der Waals surface area contributed by atoms with Gasteiger partial charge in [-0.15, -0.1) is 0 Å². The predicted octanol–water partition coefficient (Wildman–Crippen LogP) is 1.11. The smallest absolute Gasteiger partial charge is 0.112 e. The van der Waals surface area contributed by atoms with Gasteiger partial charge in [-0.2, -0.15) is 5.10 Å². The van der Waals surface area contributed by atoms with E-state index in [0.717, 1.165) is 42.6 Å². The lowest BCUT2D eigenvalue weighted by Crippen LogP contribution is -2.24. The number of carboxylic acid groups (broad SMARTS) is 1. The quantitative estimate of drug-likeness (QED) is 0.791. The average Bonchev–Trinajstić information content (AvgIpc) is 2.79. The summed E-state index contributed by atoms with van der Waals surface area (Å²) in [4.78, 5) is 11.1. The van der Waals surface area contributed by atoms with E-state index in [4.69, 9.17) is 0 Å². The van der Waals surface area contributed by atoms with E-state index in [9.17, 15) is 9.90 Å². The second-order valence-corrected chi connectivity index (χ2v) is 4.52. The Morgan fingerprint density at radius 3 is 2.61 bits per heavy atom. The van der Waals surface area contributed by atoms with Gasteiger partial charge in [0, 0.05) is 11.3 Å². The van der Waals surface area contributed by atoms with Crippen LogP contribution < -0.4 is 5.11 Å². The second kappa shape index (κ2) is 4.29.